The number of hydrogen-bond donors (Lipinski definition) is 0. The molecule has 1 aromatic rings. The van der Waals surface area contributed by atoms with Crippen LogP contribution in [-0.2, 0) is 16.1 Å². The zero-order valence-electron chi connectivity index (χ0n) is 33.4. The van der Waals surface area contributed by atoms with E-state index in [2.05, 4.69) is 28.8 Å². The Balaban J connectivity index is 2.17. The average molecular weight is 715 g/mol. The van der Waals surface area contributed by atoms with Crippen LogP contribution in [0.4, 0.5) is 0 Å². The zero-order valence-corrected chi connectivity index (χ0v) is 33.4. The molecule has 0 spiro atoms. The minimum absolute atomic E-state index is 0.145. The first kappa shape index (κ1) is 46.6. The number of rotatable bonds is 39. The van der Waals surface area contributed by atoms with Crippen molar-refractivity contribution in [1.82, 2.24) is 15.0 Å². The molecule has 1 aromatic heterocycles. The molecule has 0 aliphatic carbocycles. The SMILES string of the molecule is CCCCCCCCCCCCCCCCCCOc1nc(COC(=O)CC#N)nc(OCCCCCCCCCCCCCCCCCC)n1. The summed E-state index contributed by atoms with van der Waals surface area (Å²) in [6.07, 6.45) is 42.1. The van der Waals surface area contributed by atoms with E-state index >= 15 is 0 Å². The number of unbranched alkanes of at least 4 members (excludes halogenated alkanes) is 30. The van der Waals surface area contributed by atoms with Crippen molar-refractivity contribution in [2.24, 2.45) is 0 Å². The lowest BCUT2D eigenvalue weighted by molar-refractivity contribution is -0.144. The summed E-state index contributed by atoms with van der Waals surface area (Å²) in [5, 5.41) is 8.74. The van der Waals surface area contributed by atoms with Crippen LogP contribution in [0.25, 0.3) is 0 Å². The van der Waals surface area contributed by atoms with E-state index in [0.29, 0.717) is 13.2 Å². The Morgan fingerprint density at radius 2 is 0.765 bits per heavy atom. The maximum atomic E-state index is 11.7. The predicted octanol–water partition coefficient (Wildman–Crippen LogP) is 13.1. The van der Waals surface area contributed by atoms with Gasteiger partial charge in [0.15, 0.2) is 12.4 Å². The largest absolute Gasteiger partial charge is 0.463 e. The van der Waals surface area contributed by atoms with Crippen molar-refractivity contribution in [3.8, 4) is 18.1 Å². The summed E-state index contributed by atoms with van der Waals surface area (Å²) in [6.45, 7) is 5.46. The van der Waals surface area contributed by atoms with Crippen LogP contribution in [-0.4, -0.2) is 34.1 Å². The summed E-state index contributed by atoms with van der Waals surface area (Å²) in [5.41, 5.74) is 0. The van der Waals surface area contributed by atoms with Gasteiger partial charge < -0.3 is 14.2 Å². The first-order valence-electron chi connectivity index (χ1n) is 21.7. The van der Waals surface area contributed by atoms with Gasteiger partial charge in [0.05, 0.1) is 19.3 Å². The smallest absolute Gasteiger partial charge is 0.322 e. The van der Waals surface area contributed by atoms with Crippen LogP contribution in [0.15, 0.2) is 0 Å². The molecule has 0 amide bonds. The topological polar surface area (TPSA) is 107 Å². The van der Waals surface area contributed by atoms with Crippen molar-refractivity contribution in [1.29, 1.82) is 5.26 Å². The normalized spacial score (nSPS) is 11.1. The van der Waals surface area contributed by atoms with Gasteiger partial charge in [0, 0.05) is 0 Å². The fourth-order valence-corrected chi connectivity index (χ4v) is 6.46. The third kappa shape index (κ3) is 32.0. The number of carbonyl (C=O) groups excluding carboxylic acids is 1. The van der Waals surface area contributed by atoms with Crippen molar-refractivity contribution in [2.75, 3.05) is 13.2 Å². The Hall–Kier alpha value is -2.43. The summed E-state index contributed by atoms with van der Waals surface area (Å²) in [6, 6.07) is 2.19. The number of carbonyl (C=O) groups is 1. The summed E-state index contributed by atoms with van der Waals surface area (Å²) in [5.74, 6) is -0.343. The van der Waals surface area contributed by atoms with Gasteiger partial charge in [-0.05, 0) is 12.8 Å². The van der Waals surface area contributed by atoms with E-state index < -0.39 is 5.97 Å². The Morgan fingerprint density at radius 1 is 0.471 bits per heavy atom. The second-order valence-corrected chi connectivity index (χ2v) is 14.6. The second-order valence-electron chi connectivity index (χ2n) is 14.6. The molecule has 0 bridgehead atoms. The lowest BCUT2D eigenvalue weighted by Gasteiger charge is -2.10. The molecule has 0 N–H and O–H groups in total. The highest BCUT2D eigenvalue weighted by Crippen LogP contribution is 2.17. The van der Waals surface area contributed by atoms with Gasteiger partial charge in [-0.15, -0.1) is 4.98 Å². The number of nitriles is 1. The quantitative estimate of drug-likeness (QED) is 0.0490. The Morgan fingerprint density at radius 3 is 1.06 bits per heavy atom. The van der Waals surface area contributed by atoms with Gasteiger partial charge in [-0.25, -0.2) is 0 Å². The number of ether oxygens (including phenoxy) is 3. The maximum Gasteiger partial charge on any atom is 0.322 e. The molecule has 1 rings (SSSR count). The first-order chi connectivity index (χ1) is 25.2. The van der Waals surface area contributed by atoms with Crippen LogP contribution in [0.1, 0.15) is 232 Å². The van der Waals surface area contributed by atoms with E-state index in [4.69, 9.17) is 19.5 Å². The van der Waals surface area contributed by atoms with E-state index in [1.165, 1.54) is 180 Å². The van der Waals surface area contributed by atoms with Crippen LogP contribution in [0.5, 0.6) is 12.0 Å². The van der Waals surface area contributed by atoms with Crippen molar-refractivity contribution >= 4 is 5.97 Å². The van der Waals surface area contributed by atoms with Gasteiger partial charge >= 0.3 is 18.0 Å². The van der Waals surface area contributed by atoms with Gasteiger partial charge in [-0.3, -0.25) is 4.79 Å². The highest BCUT2D eigenvalue weighted by atomic mass is 16.5. The Kier molecular flexibility index (Phi) is 34.1. The predicted molar refractivity (Wildman–Crippen MR) is 210 cm³/mol. The summed E-state index contributed by atoms with van der Waals surface area (Å²) in [4.78, 5) is 24.7. The van der Waals surface area contributed by atoms with Crippen LogP contribution in [0, 0.1) is 11.3 Å². The van der Waals surface area contributed by atoms with E-state index in [-0.39, 0.29) is 30.9 Å². The van der Waals surface area contributed by atoms with Crippen molar-refractivity contribution in [3.63, 3.8) is 0 Å². The van der Waals surface area contributed by atoms with Crippen molar-refractivity contribution in [3.05, 3.63) is 5.82 Å². The standard InChI is InChI=1S/C43H78N4O4/c1-3-5-7-9-11-13-15-17-19-21-23-25-27-29-31-33-37-49-42-45-40(39-51-41(48)35-36-44)46-43(47-42)50-38-34-32-30-28-26-24-22-20-18-16-14-12-10-8-6-4-2/h3-35,37-39H2,1-2H3. The number of aromatic nitrogens is 3. The summed E-state index contributed by atoms with van der Waals surface area (Å²) >= 11 is 0. The molecule has 0 saturated heterocycles. The van der Waals surface area contributed by atoms with Gasteiger partial charge in [0.2, 0.25) is 0 Å². The molecule has 0 aliphatic heterocycles. The van der Waals surface area contributed by atoms with Crippen LogP contribution in [0.3, 0.4) is 0 Å². The lowest BCUT2D eigenvalue weighted by Crippen LogP contribution is -2.11. The number of hydrogen-bond acceptors (Lipinski definition) is 8. The van der Waals surface area contributed by atoms with Crippen LogP contribution >= 0.6 is 0 Å². The Labute approximate surface area is 314 Å². The van der Waals surface area contributed by atoms with Gasteiger partial charge in [0.1, 0.15) is 6.42 Å². The molecule has 51 heavy (non-hydrogen) atoms. The minimum Gasteiger partial charge on any atom is -0.463 e. The lowest BCUT2D eigenvalue weighted by atomic mass is 10.0. The molecule has 0 radical (unpaired) electrons. The first-order valence-corrected chi connectivity index (χ1v) is 21.7. The Bertz CT molecular complexity index is 898. The van der Waals surface area contributed by atoms with Gasteiger partial charge in [-0.1, -0.05) is 206 Å². The third-order valence-corrected chi connectivity index (χ3v) is 9.68. The molecule has 1 heterocycles. The molecule has 294 valence electrons. The fraction of sp³-hybridized carbons (Fsp3) is 0.884. The molecule has 0 atom stereocenters. The van der Waals surface area contributed by atoms with Gasteiger partial charge in [0.25, 0.3) is 0 Å². The van der Waals surface area contributed by atoms with Gasteiger partial charge in [-0.2, -0.15) is 15.2 Å². The number of esters is 1. The molecule has 0 fully saturated rings. The van der Waals surface area contributed by atoms with Crippen molar-refractivity contribution < 1.29 is 19.0 Å². The molecule has 8 heteroatoms. The van der Waals surface area contributed by atoms with Crippen LogP contribution < -0.4 is 9.47 Å². The monoisotopic (exact) mass is 715 g/mol. The van der Waals surface area contributed by atoms with Crippen molar-refractivity contribution in [2.45, 2.75) is 232 Å². The zero-order chi connectivity index (χ0) is 36.7. The summed E-state index contributed by atoms with van der Waals surface area (Å²) < 4.78 is 16.9. The van der Waals surface area contributed by atoms with E-state index in [1.807, 2.05) is 0 Å². The molecular formula is C43H78N4O4. The minimum atomic E-state index is -0.607. The number of nitrogens with zero attached hydrogens (tertiary/aromatic N) is 4. The highest BCUT2D eigenvalue weighted by molar-refractivity contribution is 5.71. The average Bonchev–Trinajstić information content (AvgIpc) is 3.13. The van der Waals surface area contributed by atoms with E-state index in [1.54, 1.807) is 6.07 Å². The fourth-order valence-electron chi connectivity index (χ4n) is 6.46. The molecule has 0 saturated carbocycles. The summed E-state index contributed by atoms with van der Waals surface area (Å²) in [7, 11) is 0. The molecule has 8 nitrogen and oxygen atoms in total. The third-order valence-electron chi connectivity index (χ3n) is 9.68. The highest BCUT2D eigenvalue weighted by Gasteiger charge is 2.12. The van der Waals surface area contributed by atoms with Crippen LogP contribution in [0.2, 0.25) is 0 Å². The van der Waals surface area contributed by atoms with E-state index in [0.717, 1.165) is 25.7 Å². The maximum absolute atomic E-state index is 11.7. The molecular weight excluding hydrogens is 636 g/mol. The molecule has 0 aliphatic rings. The second kappa shape index (κ2) is 37.3. The molecule has 0 unspecified atom stereocenters. The van der Waals surface area contributed by atoms with E-state index in [9.17, 15) is 4.79 Å². The molecule has 0 aromatic carbocycles.